The van der Waals surface area contributed by atoms with Crippen LogP contribution in [0.3, 0.4) is 0 Å². The van der Waals surface area contributed by atoms with Crippen molar-refractivity contribution in [3.63, 3.8) is 0 Å². The van der Waals surface area contributed by atoms with Crippen LogP contribution in [0.1, 0.15) is 52.7 Å². The highest BCUT2D eigenvalue weighted by Gasteiger charge is 2.30. The zero-order chi connectivity index (χ0) is 22.6. The van der Waals surface area contributed by atoms with Gasteiger partial charge in [-0.2, -0.15) is 0 Å². The van der Waals surface area contributed by atoms with Crippen molar-refractivity contribution in [1.82, 2.24) is 4.90 Å². The Kier molecular flexibility index (Phi) is 6.56. The van der Waals surface area contributed by atoms with Gasteiger partial charge in [0.05, 0.1) is 12.5 Å². The molecule has 0 amide bonds. The maximum absolute atomic E-state index is 11.2. The van der Waals surface area contributed by atoms with E-state index >= 15 is 0 Å². The van der Waals surface area contributed by atoms with Crippen molar-refractivity contribution in [2.45, 2.75) is 31.3 Å². The Bertz CT molecular complexity index is 1090. The number of rotatable bonds is 6. The molecule has 0 aromatic heterocycles. The Morgan fingerprint density at radius 2 is 1.48 bits per heavy atom. The van der Waals surface area contributed by atoms with Gasteiger partial charge in [-0.3, -0.25) is 4.79 Å². The van der Waals surface area contributed by atoms with Crippen LogP contribution < -0.4 is 0 Å². The number of piperidine rings is 1. The number of hydrogen-bond acceptors (Lipinski definition) is 3. The summed E-state index contributed by atoms with van der Waals surface area (Å²) in [4.78, 5) is 13.6. The van der Waals surface area contributed by atoms with Crippen LogP contribution in [0.25, 0.3) is 0 Å². The molecule has 0 spiro atoms. The van der Waals surface area contributed by atoms with Crippen molar-refractivity contribution in [1.29, 1.82) is 0 Å². The van der Waals surface area contributed by atoms with Gasteiger partial charge in [0.2, 0.25) is 0 Å². The number of aliphatic carboxylic acids is 1. The topological polar surface area (TPSA) is 49.8 Å². The molecule has 170 valence electrons. The number of likely N-dealkylation sites (tertiary alicyclic amines) is 1. The van der Waals surface area contributed by atoms with Crippen LogP contribution >= 0.6 is 0 Å². The van der Waals surface area contributed by atoms with E-state index < -0.39 is 5.97 Å². The van der Waals surface area contributed by atoms with Crippen LogP contribution in [-0.4, -0.2) is 42.2 Å². The predicted molar refractivity (Wildman–Crippen MR) is 129 cm³/mol. The summed E-state index contributed by atoms with van der Waals surface area (Å²) in [5, 5.41) is 9.24. The summed E-state index contributed by atoms with van der Waals surface area (Å²) in [6.07, 6.45) is 2.31. The van der Waals surface area contributed by atoms with Gasteiger partial charge in [0.15, 0.2) is 0 Å². The van der Waals surface area contributed by atoms with Crippen LogP contribution in [0, 0.1) is 5.92 Å². The standard InChI is InChI=1S/C29H31NO3/c31-29(32)22-14-16-30(17-15-22)18-19-33-28-24-11-5-4-10-23(24)20-27(21-8-2-1-3-9-21)25-12-6-7-13-26(25)28/h1-13,22,27-28H,14-20H2,(H,31,32). The molecule has 1 fully saturated rings. The first-order chi connectivity index (χ1) is 16.2. The first-order valence-electron chi connectivity index (χ1n) is 12.0. The fraction of sp³-hybridized carbons (Fsp3) is 0.345. The smallest absolute Gasteiger partial charge is 0.306 e. The van der Waals surface area contributed by atoms with Crippen molar-refractivity contribution in [3.8, 4) is 0 Å². The van der Waals surface area contributed by atoms with E-state index in [1.54, 1.807) is 0 Å². The van der Waals surface area contributed by atoms with E-state index in [0.717, 1.165) is 38.9 Å². The number of nitrogens with zero attached hydrogens (tertiary/aromatic N) is 1. The molecule has 4 heteroatoms. The molecular formula is C29H31NO3. The van der Waals surface area contributed by atoms with E-state index in [2.05, 4.69) is 83.8 Å². The molecule has 2 unspecified atom stereocenters. The van der Waals surface area contributed by atoms with Crippen molar-refractivity contribution >= 4 is 5.97 Å². The molecule has 2 aliphatic rings. The van der Waals surface area contributed by atoms with Crippen LogP contribution in [-0.2, 0) is 16.0 Å². The zero-order valence-corrected chi connectivity index (χ0v) is 18.9. The highest BCUT2D eigenvalue weighted by molar-refractivity contribution is 5.70. The van der Waals surface area contributed by atoms with Gasteiger partial charge < -0.3 is 14.7 Å². The second kappa shape index (κ2) is 9.90. The Balaban J connectivity index is 1.39. The zero-order valence-electron chi connectivity index (χ0n) is 18.9. The summed E-state index contributed by atoms with van der Waals surface area (Å²) in [7, 11) is 0. The second-order valence-corrected chi connectivity index (χ2v) is 9.20. The minimum atomic E-state index is -0.662. The number of carboxylic acid groups (broad SMARTS) is 1. The molecule has 1 aliphatic heterocycles. The molecule has 1 heterocycles. The van der Waals surface area contributed by atoms with Crippen molar-refractivity contribution in [3.05, 3.63) is 107 Å². The molecule has 1 aliphatic carbocycles. The lowest BCUT2D eigenvalue weighted by Crippen LogP contribution is -2.38. The fourth-order valence-corrected chi connectivity index (χ4v) is 5.41. The summed E-state index contributed by atoms with van der Waals surface area (Å²) < 4.78 is 6.62. The number of ether oxygens (including phenoxy) is 1. The molecule has 0 bridgehead atoms. The van der Waals surface area contributed by atoms with E-state index in [-0.39, 0.29) is 12.0 Å². The summed E-state index contributed by atoms with van der Waals surface area (Å²) in [5.74, 6) is -0.560. The van der Waals surface area contributed by atoms with E-state index in [4.69, 9.17) is 4.74 Å². The monoisotopic (exact) mass is 441 g/mol. The first kappa shape index (κ1) is 21.9. The molecule has 5 rings (SSSR count). The third-order valence-electron chi connectivity index (χ3n) is 7.25. The van der Waals surface area contributed by atoms with Gasteiger partial charge in [0.25, 0.3) is 0 Å². The SMILES string of the molecule is O=C(O)C1CCN(CCOC2c3ccccc3CC(c3ccccc3)c3ccccc32)CC1. The number of carboxylic acids is 1. The lowest BCUT2D eigenvalue weighted by atomic mass is 9.85. The van der Waals surface area contributed by atoms with Gasteiger partial charge >= 0.3 is 5.97 Å². The van der Waals surface area contributed by atoms with Gasteiger partial charge in [0.1, 0.15) is 6.10 Å². The lowest BCUT2D eigenvalue weighted by Gasteiger charge is -2.30. The molecule has 1 saturated heterocycles. The van der Waals surface area contributed by atoms with E-state index in [9.17, 15) is 9.90 Å². The Morgan fingerprint density at radius 1 is 0.848 bits per heavy atom. The van der Waals surface area contributed by atoms with Gasteiger partial charge in [-0.25, -0.2) is 0 Å². The Hall–Kier alpha value is -2.95. The first-order valence-corrected chi connectivity index (χ1v) is 12.0. The Labute approximate surface area is 195 Å². The third kappa shape index (κ3) is 4.73. The van der Waals surface area contributed by atoms with Crippen molar-refractivity contribution < 1.29 is 14.6 Å². The summed E-state index contributed by atoms with van der Waals surface area (Å²) in [5.41, 5.74) is 6.53. The molecular weight excluding hydrogens is 410 g/mol. The normalized spacial score (nSPS) is 21.1. The molecule has 1 N–H and O–H groups in total. The van der Waals surface area contributed by atoms with Crippen molar-refractivity contribution in [2.75, 3.05) is 26.2 Å². The van der Waals surface area contributed by atoms with Crippen LogP contribution in [0.5, 0.6) is 0 Å². The molecule has 0 saturated carbocycles. The third-order valence-corrected chi connectivity index (χ3v) is 7.25. The van der Waals surface area contributed by atoms with Gasteiger partial charge in [-0.05, 0) is 60.2 Å². The predicted octanol–water partition coefficient (Wildman–Crippen LogP) is 5.28. The van der Waals surface area contributed by atoms with E-state index in [1.807, 2.05) is 0 Å². The fourth-order valence-electron chi connectivity index (χ4n) is 5.41. The molecule has 4 nitrogen and oxygen atoms in total. The van der Waals surface area contributed by atoms with Gasteiger partial charge in [0, 0.05) is 12.5 Å². The highest BCUT2D eigenvalue weighted by Crippen LogP contribution is 2.42. The number of hydrogen-bond donors (Lipinski definition) is 1. The summed E-state index contributed by atoms with van der Waals surface area (Å²) in [6.45, 7) is 3.11. The summed E-state index contributed by atoms with van der Waals surface area (Å²) >= 11 is 0. The number of fused-ring (bicyclic) bond motifs is 2. The average molecular weight is 442 g/mol. The second-order valence-electron chi connectivity index (χ2n) is 9.20. The number of benzene rings is 3. The largest absolute Gasteiger partial charge is 0.481 e. The minimum absolute atomic E-state index is 0.0947. The highest BCUT2D eigenvalue weighted by atomic mass is 16.5. The minimum Gasteiger partial charge on any atom is -0.481 e. The molecule has 33 heavy (non-hydrogen) atoms. The number of carbonyl (C=O) groups is 1. The summed E-state index contributed by atoms with van der Waals surface area (Å²) in [6, 6.07) is 28.2. The van der Waals surface area contributed by atoms with Crippen LogP contribution in [0.2, 0.25) is 0 Å². The maximum Gasteiger partial charge on any atom is 0.306 e. The van der Waals surface area contributed by atoms with E-state index in [1.165, 1.54) is 27.8 Å². The maximum atomic E-state index is 11.2. The molecule has 3 aromatic carbocycles. The lowest BCUT2D eigenvalue weighted by molar-refractivity contribution is -0.143. The van der Waals surface area contributed by atoms with Crippen molar-refractivity contribution in [2.24, 2.45) is 5.92 Å². The quantitative estimate of drug-likeness (QED) is 0.566. The van der Waals surface area contributed by atoms with Crippen LogP contribution in [0.4, 0.5) is 0 Å². The van der Waals surface area contributed by atoms with E-state index in [0.29, 0.717) is 12.5 Å². The molecule has 0 radical (unpaired) electrons. The Morgan fingerprint density at radius 3 is 2.21 bits per heavy atom. The molecule has 3 aromatic rings. The molecule has 2 atom stereocenters. The average Bonchev–Trinajstić information content (AvgIpc) is 3.00. The van der Waals surface area contributed by atoms with Gasteiger partial charge in [-0.15, -0.1) is 0 Å². The van der Waals surface area contributed by atoms with Crippen LogP contribution in [0.15, 0.2) is 78.9 Å². The van der Waals surface area contributed by atoms with Gasteiger partial charge in [-0.1, -0.05) is 78.9 Å².